The Morgan fingerprint density at radius 2 is 0.886 bits per heavy atom. The maximum atomic E-state index is 4.52. The van der Waals surface area contributed by atoms with E-state index in [9.17, 15) is 0 Å². The standard InChI is InChI=1S/C16H10N2.C14H12N2.Pt/c1-3-12-7-5-11-6-8-13-4-2-10-18-16(13)14(11)15(12)17-9-1;1-3-7-13(8-4-1)15-11-12-16-14-9-5-2-6-10-14;/h1-10H;1-12H;/q;-2;+2/b;12-11-;. The second kappa shape index (κ2) is 11.9. The normalized spacial score (nSPS) is 10.5. The second-order valence-electron chi connectivity index (χ2n) is 7.61. The molecule has 0 aliphatic rings. The van der Waals surface area contributed by atoms with Gasteiger partial charge < -0.3 is 10.6 Å². The molecule has 0 saturated carbocycles. The topological polar surface area (TPSA) is 54.0 Å². The first kappa shape index (κ1) is 24.1. The van der Waals surface area contributed by atoms with Crippen LogP contribution in [-0.2, 0) is 21.1 Å². The van der Waals surface area contributed by atoms with E-state index in [0.29, 0.717) is 0 Å². The molecular formula is C30H22N4Pt. The van der Waals surface area contributed by atoms with Crippen molar-refractivity contribution in [2.24, 2.45) is 0 Å². The van der Waals surface area contributed by atoms with Crippen molar-refractivity contribution in [1.82, 2.24) is 9.97 Å². The summed E-state index contributed by atoms with van der Waals surface area (Å²) < 4.78 is 0. The summed E-state index contributed by atoms with van der Waals surface area (Å²) in [6.07, 6.45) is 7.07. The monoisotopic (exact) mass is 633 g/mol. The quantitative estimate of drug-likeness (QED) is 0.182. The average molecular weight is 634 g/mol. The molecule has 172 valence electrons. The largest absolute Gasteiger partial charge is 2.00 e. The van der Waals surface area contributed by atoms with Gasteiger partial charge in [-0.3, -0.25) is 9.97 Å². The van der Waals surface area contributed by atoms with Crippen molar-refractivity contribution in [1.29, 1.82) is 0 Å². The van der Waals surface area contributed by atoms with Gasteiger partial charge in [0.15, 0.2) is 0 Å². The Labute approximate surface area is 219 Å². The average Bonchev–Trinajstić information content (AvgIpc) is 2.92. The summed E-state index contributed by atoms with van der Waals surface area (Å²) in [6.45, 7) is 0. The molecule has 0 aliphatic carbocycles. The Kier molecular flexibility index (Phi) is 8.21. The fraction of sp³-hybridized carbons (Fsp3) is 0. The first-order valence-electron chi connectivity index (χ1n) is 11.1. The van der Waals surface area contributed by atoms with Crippen molar-refractivity contribution in [2.45, 2.75) is 0 Å². The minimum Gasteiger partial charge on any atom is -0.666 e. The number of aromatic nitrogens is 2. The van der Waals surface area contributed by atoms with E-state index in [-0.39, 0.29) is 21.1 Å². The first-order valence-corrected chi connectivity index (χ1v) is 11.1. The number of pyridine rings is 2. The summed E-state index contributed by atoms with van der Waals surface area (Å²) >= 11 is 0. The number of nitrogens with zero attached hydrogens (tertiary/aromatic N) is 4. The summed E-state index contributed by atoms with van der Waals surface area (Å²) in [5.41, 5.74) is 3.92. The molecule has 2 aromatic heterocycles. The van der Waals surface area contributed by atoms with Crippen LogP contribution in [0.5, 0.6) is 0 Å². The smallest absolute Gasteiger partial charge is 0.666 e. The molecule has 0 unspecified atom stereocenters. The number of hydrogen-bond donors (Lipinski definition) is 0. The number of para-hydroxylation sites is 2. The van der Waals surface area contributed by atoms with E-state index < -0.39 is 0 Å². The molecule has 0 aliphatic heterocycles. The van der Waals surface area contributed by atoms with Crippen molar-refractivity contribution >= 4 is 44.0 Å². The third-order valence-corrected chi connectivity index (χ3v) is 5.35. The van der Waals surface area contributed by atoms with Crippen LogP contribution in [0.25, 0.3) is 43.2 Å². The van der Waals surface area contributed by atoms with Crippen LogP contribution in [0.1, 0.15) is 0 Å². The van der Waals surface area contributed by atoms with Crippen molar-refractivity contribution in [3.8, 4) is 0 Å². The van der Waals surface area contributed by atoms with Crippen molar-refractivity contribution in [3.05, 3.63) is 145 Å². The molecule has 6 aromatic rings. The van der Waals surface area contributed by atoms with Gasteiger partial charge in [0.1, 0.15) is 0 Å². The van der Waals surface area contributed by atoms with Crippen LogP contribution in [0.2, 0.25) is 0 Å². The molecule has 0 atom stereocenters. The second-order valence-corrected chi connectivity index (χ2v) is 7.61. The summed E-state index contributed by atoms with van der Waals surface area (Å²) in [5.74, 6) is 0. The minimum atomic E-state index is 0. The van der Waals surface area contributed by atoms with Gasteiger partial charge in [0.2, 0.25) is 0 Å². The third-order valence-electron chi connectivity index (χ3n) is 5.35. The Balaban J connectivity index is 0.000000162. The zero-order valence-corrected chi connectivity index (χ0v) is 21.1. The van der Waals surface area contributed by atoms with Gasteiger partial charge in [0, 0.05) is 28.6 Å². The fourth-order valence-electron chi connectivity index (χ4n) is 3.76. The molecular weight excluding hydrogens is 611 g/mol. The Bertz CT molecular complexity index is 1440. The molecule has 35 heavy (non-hydrogen) atoms. The zero-order chi connectivity index (χ0) is 23.0. The van der Waals surface area contributed by atoms with E-state index in [2.05, 4.69) is 57.0 Å². The fourth-order valence-corrected chi connectivity index (χ4v) is 3.76. The maximum absolute atomic E-state index is 4.52. The molecule has 2 heterocycles. The molecule has 0 N–H and O–H groups in total. The van der Waals surface area contributed by atoms with Crippen LogP contribution in [-0.4, -0.2) is 9.97 Å². The predicted molar refractivity (Wildman–Crippen MR) is 143 cm³/mol. The van der Waals surface area contributed by atoms with E-state index in [1.807, 2.05) is 85.2 Å². The summed E-state index contributed by atoms with van der Waals surface area (Å²) in [7, 11) is 0. The molecule has 4 nitrogen and oxygen atoms in total. The van der Waals surface area contributed by atoms with Gasteiger partial charge in [-0.2, -0.15) is 12.4 Å². The van der Waals surface area contributed by atoms with Gasteiger partial charge in [0.25, 0.3) is 0 Å². The molecule has 4 aromatic carbocycles. The van der Waals surface area contributed by atoms with Gasteiger partial charge >= 0.3 is 21.1 Å². The molecule has 0 fully saturated rings. The number of hydrogen-bond acceptors (Lipinski definition) is 2. The third kappa shape index (κ3) is 5.92. The summed E-state index contributed by atoms with van der Waals surface area (Å²) in [5, 5.41) is 13.1. The van der Waals surface area contributed by atoms with Crippen molar-refractivity contribution in [3.63, 3.8) is 0 Å². The van der Waals surface area contributed by atoms with Crippen LogP contribution in [0.4, 0.5) is 11.4 Å². The first-order chi connectivity index (χ1) is 16.9. The molecule has 0 bridgehead atoms. The van der Waals surface area contributed by atoms with E-state index >= 15 is 0 Å². The molecule has 0 radical (unpaired) electrons. The van der Waals surface area contributed by atoms with Gasteiger partial charge in [-0.05, 0) is 17.5 Å². The summed E-state index contributed by atoms with van der Waals surface area (Å²) in [6, 6.07) is 36.2. The van der Waals surface area contributed by atoms with Crippen LogP contribution < -0.4 is 0 Å². The molecule has 0 spiro atoms. The number of rotatable bonds is 4. The Morgan fingerprint density at radius 1 is 0.457 bits per heavy atom. The van der Waals surface area contributed by atoms with Crippen LogP contribution in [0, 0.1) is 0 Å². The maximum Gasteiger partial charge on any atom is 2.00 e. The summed E-state index contributed by atoms with van der Waals surface area (Å²) in [4.78, 5) is 9.04. The van der Waals surface area contributed by atoms with E-state index in [0.717, 1.165) is 38.6 Å². The molecule has 0 saturated heterocycles. The zero-order valence-electron chi connectivity index (χ0n) is 18.8. The van der Waals surface area contributed by atoms with Gasteiger partial charge in [-0.25, -0.2) is 0 Å². The Hall–Kier alpha value is -4.01. The Morgan fingerprint density at radius 3 is 1.34 bits per heavy atom. The molecule has 0 amide bonds. The molecule has 5 heteroatoms. The molecule has 6 rings (SSSR count). The number of fused-ring (bicyclic) bond motifs is 5. The van der Waals surface area contributed by atoms with E-state index in [1.54, 1.807) is 12.4 Å². The SMILES string of the molecule is C(=C/[N-]c1ccccc1)/[N-]c1ccccc1.[Pt+2].c1cnc2c(c1)ccc1ccc3cccnc3c12. The van der Waals surface area contributed by atoms with Crippen LogP contribution in [0.15, 0.2) is 134 Å². The van der Waals surface area contributed by atoms with Crippen LogP contribution >= 0.6 is 0 Å². The minimum absolute atomic E-state index is 0. The van der Waals surface area contributed by atoms with E-state index in [1.165, 1.54) is 5.39 Å². The van der Waals surface area contributed by atoms with Gasteiger partial charge in [-0.1, -0.05) is 97.1 Å². The number of benzene rings is 4. The van der Waals surface area contributed by atoms with E-state index in [4.69, 9.17) is 0 Å². The predicted octanol–water partition coefficient (Wildman–Crippen LogP) is 8.80. The van der Waals surface area contributed by atoms with Crippen molar-refractivity contribution < 1.29 is 21.1 Å². The van der Waals surface area contributed by atoms with Gasteiger partial charge in [-0.15, -0.1) is 11.4 Å². The van der Waals surface area contributed by atoms with Crippen molar-refractivity contribution in [2.75, 3.05) is 0 Å². The van der Waals surface area contributed by atoms with Crippen LogP contribution in [0.3, 0.4) is 0 Å². The van der Waals surface area contributed by atoms with Gasteiger partial charge in [0.05, 0.1) is 11.0 Å².